The number of rotatable bonds is 9. The van der Waals surface area contributed by atoms with E-state index in [1.807, 2.05) is 55.5 Å². The zero-order valence-electron chi connectivity index (χ0n) is 18.3. The Morgan fingerprint density at radius 2 is 1.66 bits per heavy atom. The van der Waals surface area contributed by atoms with E-state index >= 15 is 0 Å². The van der Waals surface area contributed by atoms with E-state index < -0.39 is 0 Å². The Balaban J connectivity index is 1.70. The molecular formula is C26H27FN2O3. The number of ether oxygens (including phenoxy) is 1. The van der Waals surface area contributed by atoms with Crippen LogP contribution in [0.4, 0.5) is 10.1 Å². The molecule has 3 rings (SSSR count). The van der Waals surface area contributed by atoms with Gasteiger partial charge in [-0.2, -0.15) is 0 Å². The second-order valence-electron chi connectivity index (χ2n) is 7.65. The number of aryl methyl sites for hydroxylation is 1. The number of benzene rings is 3. The summed E-state index contributed by atoms with van der Waals surface area (Å²) in [6.07, 6.45) is 0.197. The van der Waals surface area contributed by atoms with Crippen molar-refractivity contribution in [1.29, 1.82) is 0 Å². The lowest BCUT2D eigenvalue weighted by Gasteiger charge is -2.23. The minimum atomic E-state index is -0.331. The highest BCUT2D eigenvalue weighted by Gasteiger charge is 2.17. The number of nitrogens with one attached hydrogen (secondary N) is 1. The highest BCUT2D eigenvalue weighted by Crippen LogP contribution is 2.20. The molecule has 0 unspecified atom stereocenters. The van der Waals surface area contributed by atoms with Crippen molar-refractivity contribution in [2.75, 3.05) is 18.6 Å². The molecule has 6 heteroatoms. The summed E-state index contributed by atoms with van der Waals surface area (Å²) < 4.78 is 18.3. The van der Waals surface area contributed by atoms with Crippen molar-refractivity contribution < 1.29 is 18.7 Å². The van der Waals surface area contributed by atoms with Crippen molar-refractivity contribution in [3.63, 3.8) is 0 Å². The van der Waals surface area contributed by atoms with E-state index in [0.717, 1.165) is 22.3 Å². The van der Waals surface area contributed by atoms with Crippen molar-refractivity contribution in [2.24, 2.45) is 0 Å². The van der Waals surface area contributed by atoms with Crippen LogP contribution < -0.4 is 10.2 Å². The predicted molar refractivity (Wildman–Crippen MR) is 123 cm³/mol. The van der Waals surface area contributed by atoms with Crippen LogP contribution in [0.3, 0.4) is 0 Å². The number of methoxy groups -OCH3 is 1. The standard InChI is InChI=1S/C26H27FN2O3/c1-19-5-3-7-22(13-19)16-28-25(30)15-21-6-4-8-24(14-21)29(26(31)18-32-2)17-20-9-11-23(27)12-10-20/h3-14H,15-18H2,1-2H3,(H,28,30). The lowest BCUT2D eigenvalue weighted by molar-refractivity contribution is -0.122. The summed E-state index contributed by atoms with van der Waals surface area (Å²) in [5, 5.41) is 2.94. The van der Waals surface area contributed by atoms with Crippen LogP contribution in [0.2, 0.25) is 0 Å². The fraction of sp³-hybridized carbons (Fsp3) is 0.231. The second-order valence-corrected chi connectivity index (χ2v) is 7.65. The molecule has 0 aromatic heterocycles. The summed E-state index contributed by atoms with van der Waals surface area (Å²) in [5.41, 5.74) is 4.42. The maximum Gasteiger partial charge on any atom is 0.253 e. The Morgan fingerprint density at radius 1 is 0.938 bits per heavy atom. The third kappa shape index (κ3) is 6.75. The Bertz CT molecular complexity index is 1070. The van der Waals surface area contributed by atoms with Gasteiger partial charge < -0.3 is 15.0 Å². The monoisotopic (exact) mass is 434 g/mol. The van der Waals surface area contributed by atoms with Gasteiger partial charge in [0.25, 0.3) is 5.91 Å². The fourth-order valence-electron chi connectivity index (χ4n) is 3.40. The summed E-state index contributed by atoms with van der Waals surface area (Å²) >= 11 is 0. The van der Waals surface area contributed by atoms with Crippen LogP contribution in [0.1, 0.15) is 22.3 Å². The van der Waals surface area contributed by atoms with Gasteiger partial charge in [0.2, 0.25) is 5.91 Å². The number of carbonyl (C=O) groups excluding carboxylic acids is 2. The molecule has 0 aliphatic heterocycles. The van der Waals surface area contributed by atoms with Crippen LogP contribution in [-0.2, 0) is 33.8 Å². The quantitative estimate of drug-likeness (QED) is 0.550. The Morgan fingerprint density at radius 3 is 2.38 bits per heavy atom. The molecule has 0 bridgehead atoms. The van der Waals surface area contributed by atoms with Gasteiger partial charge >= 0.3 is 0 Å². The molecule has 32 heavy (non-hydrogen) atoms. The van der Waals surface area contributed by atoms with Gasteiger partial charge in [0, 0.05) is 19.3 Å². The topological polar surface area (TPSA) is 58.6 Å². The summed E-state index contributed by atoms with van der Waals surface area (Å²) in [5.74, 6) is -0.656. The highest BCUT2D eigenvalue weighted by atomic mass is 19.1. The zero-order chi connectivity index (χ0) is 22.9. The fourth-order valence-corrected chi connectivity index (χ4v) is 3.40. The van der Waals surface area contributed by atoms with Crippen molar-refractivity contribution in [3.8, 4) is 0 Å². The van der Waals surface area contributed by atoms with E-state index in [9.17, 15) is 14.0 Å². The van der Waals surface area contributed by atoms with Gasteiger partial charge in [-0.15, -0.1) is 0 Å². The first kappa shape index (κ1) is 23.2. The second kappa shape index (κ2) is 11.2. The largest absolute Gasteiger partial charge is 0.375 e. The van der Waals surface area contributed by atoms with E-state index in [1.54, 1.807) is 17.0 Å². The molecule has 3 aromatic rings. The van der Waals surface area contributed by atoms with Crippen LogP contribution in [0.15, 0.2) is 72.8 Å². The SMILES string of the molecule is COCC(=O)N(Cc1ccc(F)cc1)c1cccc(CC(=O)NCc2cccc(C)c2)c1. The number of hydrogen-bond acceptors (Lipinski definition) is 3. The number of hydrogen-bond donors (Lipinski definition) is 1. The van der Waals surface area contributed by atoms with Crippen molar-refractivity contribution in [2.45, 2.75) is 26.4 Å². The first-order valence-electron chi connectivity index (χ1n) is 10.4. The van der Waals surface area contributed by atoms with E-state index in [-0.39, 0.29) is 37.2 Å². The zero-order valence-corrected chi connectivity index (χ0v) is 18.3. The Hall–Kier alpha value is -3.51. The number of amides is 2. The first-order valence-corrected chi connectivity index (χ1v) is 10.4. The first-order chi connectivity index (χ1) is 15.4. The minimum Gasteiger partial charge on any atom is -0.375 e. The summed E-state index contributed by atoms with van der Waals surface area (Å²) in [6, 6.07) is 21.3. The molecule has 0 aliphatic rings. The minimum absolute atomic E-state index is 0.0810. The Kier molecular flexibility index (Phi) is 8.11. The number of nitrogens with zero attached hydrogens (tertiary/aromatic N) is 1. The number of anilines is 1. The van der Waals surface area contributed by atoms with Crippen LogP contribution in [0, 0.1) is 12.7 Å². The van der Waals surface area contributed by atoms with Crippen molar-refractivity contribution in [1.82, 2.24) is 5.32 Å². The maximum absolute atomic E-state index is 13.3. The molecule has 0 aliphatic carbocycles. The number of halogens is 1. The van der Waals surface area contributed by atoms with Gasteiger partial charge in [-0.25, -0.2) is 4.39 Å². The molecule has 166 valence electrons. The van der Waals surface area contributed by atoms with Crippen molar-refractivity contribution in [3.05, 3.63) is 101 Å². The summed E-state index contributed by atoms with van der Waals surface area (Å²) in [7, 11) is 1.46. The summed E-state index contributed by atoms with van der Waals surface area (Å²) in [6.45, 7) is 2.66. The van der Waals surface area contributed by atoms with Gasteiger partial charge in [-0.05, 0) is 47.9 Å². The van der Waals surface area contributed by atoms with Gasteiger partial charge in [0.1, 0.15) is 12.4 Å². The molecule has 1 N–H and O–H groups in total. The average Bonchev–Trinajstić information content (AvgIpc) is 2.78. The predicted octanol–water partition coefficient (Wildman–Crippen LogP) is 4.17. The lowest BCUT2D eigenvalue weighted by Crippen LogP contribution is -2.33. The van der Waals surface area contributed by atoms with Crippen LogP contribution in [-0.4, -0.2) is 25.5 Å². The van der Waals surface area contributed by atoms with E-state index in [1.165, 1.54) is 19.2 Å². The van der Waals surface area contributed by atoms with Gasteiger partial charge in [0.05, 0.1) is 13.0 Å². The molecule has 2 amide bonds. The maximum atomic E-state index is 13.3. The summed E-state index contributed by atoms with van der Waals surface area (Å²) in [4.78, 5) is 26.7. The normalized spacial score (nSPS) is 10.6. The van der Waals surface area contributed by atoms with Gasteiger partial charge in [-0.1, -0.05) is 54.1 Å². The smallest absolute Gasteiger partial charge is 0.253 e. The van der Waals surface area contributed by atoms with Gasteiger partial charge in [-0.3, -0.25) is 9.59 Å². The third-order valence-electron chi connectivity index (χ3n) is 4.98. The van der Waals surface area contributed by atoms with Crippen LogP contribution >= 0.6 is 0 Å². The van der Waals surface area contributed by atoms with Crippen LogP contribution in [0.25, 0.3) is 0 Å². The Labute approximate surface area is 187 Å². The third-order valence-corrected chi connectivity index (χ3v) is 4.98. The molecular weight excluding hydrogens is 407 g/mol. The molecule has 0 saturated heterocycles. The van der Waals surface area contributed by atoms with E-state index in [0.29, 0.717) is 12.2 Å². The molecule has 0 fully saturated rings. The molecule has 0 atom stereocenters. The van der Waals surface area contributed by atoms with Crippen LogP contribution in [0.5, 0.6) is 0 Å². The molecule has 3 aromatic carbocycles. The van der Waals surface area contributed by atoms with E-state index in [2.05, 4.69) is 5.32 Å². The molecule has 0 radical (unpaired) electrons. The molecule has 0 heterocycles. The molecule has 0 spiro atoms. The average molecular weight is 435 g/mol. The molecule has 0 saturated carbocycles. The van der Waals surface area contributed by atoms with E-state index in [4.69, 9.17) is 4.74 Å². The number of carbonyl (C=O) groups is 2. The van der Waals surface area contributed by atoms with Gasteiger partial charge in [0.15, 0.2) is 0 Å². The highest BCUT2D eigenvalue weighted by molar-refractivity contribution is 5.94. The molecule has 5 nitrogen and oxygen atoms in total. The van der Waals surface area contributed by atoms with Crippen molar-refractivity contribution >= 4 is 17.5 Å². The lowest BCUT2D eigenvalue weighted by atomic mass is 10.1.